The molecule has 0 bridgehead atoms. The topological polar surface area (TPSA) is 31.2 Å². The minimum absolute atomic E-state index is 0.00889. The highest BCUT2D eigenvalue weighted by atomic mass is 79.9. The van der Waals surface area contributed by atoms with Crippen LogP contribution < -0.4 is 10.3 Å². The third kappa shape index (κ3) is 3.80. The standard InChI is InChI=1S/C19H11BrF5NO2/c1-9-4-16(28-8-10-2-3-11(21)5-13(10)23)17(20)19(27)26(9)18-14(24)6-12(22)7-15(18)25/h2-7H,8H2,1H3. The van der Waals surface area contributed by atoms with Crippen LogP contribution in [0.4, 0.5) is 22.0 Å². The SMILES string of the molecule is Cc1cc(OCc2ccc(F)cc2F)c(Br)c(=O)n1-c1c(F)cc(F)cc1F. The number of rotatable bonds is 4. The van der Waals surface area contributed by atoms with Crippen molar-refractivity contribution in [2.45, 2.75) is 13.5 Å². The van der Waals surface area contributed by atoms with E-state index in [1.165, 1.54) is 19.1 Å². The summed E-state index contributed by atoms with van der Waals surface area (Å²) in [6, 6.07) is 5.15. The van der Waals surface area contributed by atoms with Gasteiger partial charge in [0.05, 0.1) is 0 Å². The number of hydrogen-bond acceptors (Lipinski definition) is 2. The molecule has 28 heavy (non-hydrogen) atoms. The van der Waals surface area contributed by atoms with Crippen LogP contribution in [0.15, 0.2) is 45.7 Å². The van der Waals surface area contributed by atoms with Crippen molar-refractivity contribution in [3.8, 4) is 11.4 Å². The van der Waals surface area contributed by atoms with E-state index < -0.39 is 40.3 Å². The van der Waals surface area contributed by atoms with Crippen LogP contribution in [0.2, 0.25) is 0 Å². The Kier molecular flexibility index (Phi) is 5.55. The molecule has 9 heteroatoms. The van der Waals surface area contributed by atoms with Crippen LogP contribution in [0.3, 0.4) is 0 Å². The number of aromatic nitrogens is 1. The van der Waals surface area contributed by atoms with Crippen LogP contribution in [-0.2, 0) is 6.61 Å². The second kappa shape index (κ2) is 7.75. The van der Waals surface area contributed by atoms with Crippen LogP contribution in [0.1, 0.15) is 11.3 Å². The number of aryl methyl sites for hydroxylation is 1. The van der Waals surface area contributed by atoms with Gasteiger partial charge in [0.1, 0.15) is 40.0 Å². The van der Waals surface area contributed by atoms with Gasteiger partial charge in [-0.3, -0.25) is 9.36 Å². The first kappa shape index (κ1) is 20.1. The molecule has 0 aliphatic heterocycles. The maximum absolute atomic E-state index is 14.1. The Labute approximate surface area is 164 Å². The molecule has 2 aromatic carbocycles. The highest BCUT2D eigenvalue weighted by molar-refractivity contribution is 9.10. The van der Waals surface area contributed by atoms with Crippen molar-refractivity contribution >= 4 is 15.9 Å². The van der Waals surface area contributed by atoms with E-state index in [2.05, 4.69) is 15.9 Å². The average molecular weight is 460 g/mol. The molecule has 0 N–H and O–H groups in total. The van der Waals surface area contributed by atoms with Crippen molar-refractivity contribution in [3.05, 3.63) is 91.6 Å². The van der Waals surface area contributed by atoms with Crippen LogP contribution >= 0.6 is 15.9 Å². The summed E-state index contributed by atoms with van der Waals surface area (Å²) in [5, 5.41) is 0. The lowest BCUT2D eigenvalue weighted by Gasteiger charge is -2.16. The van der Waals surface area contributed by atoms with Gasteiger partial charge in [-0.25, -0.2) is 22.0 Å². The first-order chi connectivity index (χ1) is 13.2. The van der Waals surface area contributed by atoms with Crippen LogP contribution in [0.25, 0.3) is 5.69 Å². The van der Waals surface area contributed by atoms with Crippen molar-refractivity contribution in [2.75, 3.05) is 0 Å². The van der Waals surface area contributed by atoms with E-state index in [0.29, 0.717) is 18.2 Å². The van der Waals surface area contributed by atoms with Gasteiger partial charge in [0.2, 0.25) is 0 Å². The predicted octanol–water partition coefficient (Wildman–Crippen LogP) is 5.18. The Hall–Kier alpha value is -2.68. The molecule has 146 valence electrons. The Morgan fingerprint density at radius 1 is 0.929 bits per heavy atom. The van der Waals surface area contributed by atoms with Gasteiger partial charge in [0.25, 0.3) is 5.56 Å². The van der Waals surface area contributed by atoms with Crippen LogP contribution in [0.5, 0.6) is 5.75 Å². The highest BCUT2D eigenvalue weighted by Crippen LogP contribution is 2.27. The Balaban J connectivity index is 2.01. The zero-order valence-electron chi connectivity index (χ0n) is 14.2. The first-order valence-corrected chi connectivity index (χ1v) is 8.62. The molecule has 0 radical (unpaired) electrons. The smallest absolute Gasteiger partial charge is 0.273 e. The predicted molar refractivity (Wildman–Crippen MR) is 95.0 cm³/mol. The zero-order valence-corrected chi connectivity index (χ0v) is 15.8. The number of nitrogens with zero attached hydrogens (tertiary/aromatic N) is 1. The molecule has 0 atom stereocenters. The molecule has 0 amide bonds. The largest absolute Gasteiger partial charge is 0.487 e. The zero-order chi connectivity index (χ0) is 20.6. The first-order valence-electron chi connectivity index (χ1n) is 7.83. The van der Waals surface area contributed by atoms with E-state index >= 15 is 0 Å². The Bertz CT molecular complexity index is 1110. The van der Waals surface area contributed by atoms with Gasteiger partial charge in [-0.2, -0.15) is 0 Å². The van der Waals surface area contributed by atoms with Gasteiger partial charge in [0, 0.05) is 35.5 Å². The van der Waals surface area contributed by atoms with Gasteiger partial charge in [0.15, 0.2) is 11.6 Å². The van der Waals surface area contributed by atoms with Crippen molar-refractivity contribution in [1.82, 2.24) is 4.57 Å². The molecule has 0 aliphatic carbocycles. The van der Waals surface area contributed by atoms with Crippen molar-refractivity contribution in [3.63, 3.8) is 0 Å². The quantitative estimate of drug-likeness (QED) is 0.503. The molecule has 0 aliphatic rings. The van der Waals surface area contributed by atoms with Gasteiger partial charge < -0.3 is 4.74 Å². The summed E-state index contributed by atoms with van der Waals surface area (Å²) < 4.78 is 73.9. The van der Waals surface area contributed by atoms with E-state index in [-0.39, 0.29) is 28.1 Å². The highest BCUT2D eigenvalue weighted by Gasteiger charge is 2.20. The molecule has 1 heterocycles. The minimum Gasteiger partial charge on any atom is -0.487 e. The van der Waals surface area contributed by atoms with E-state index in [1.807, 2.05) is 0 Å². The van der Waals surface area contributed by atoms with Crippen LogP contribution in [-0.4, -0.2) is 4.57 Å². The summed E-state index contributed by atoms with van der Waals surface area (Å²) in [5.41, 5.74) is -1.46. The molecule has 1 aromatic heterocycles. The van der Waals surface area contributed by atoms with Crippen molar-refractivity contribution in [1.29, 1.82) is 0 Å². The number of halogens is 6. The fourth-order valence-electron chi connectivity index (χ4n) is 2.61. The van der Waals surface area contributed by atoms with Gasteiger partial charge in [-0.15, -0.1) is 0 Å². The lowest BCUT2D eigenvalue weighted by Crippen LogP contribution is -2.24. The molecule has 3 aromatic rings. The van der Waals surface area contributed by atoms with E-state index in [0.717, 1.165) is 10.6 Å². The summed E-state index contributed by atoms with van der Waals surface area (Å²) >= 11 is 3.00. The number of hydrogen-bond donors (Lipinski definition) is 0. The molecule has 0 spiro atoms. The Morgan fingerprint density at radius 3 is 2.14 bits per heavy atom. The molecule has 0 unspecified atom stereocenters. The van der Waals surface area contributed by atoms with Gasteiger partial charge in [-0.1, -0.05) is 0 Å². The van der Waals surface area contributed by atoms with Gasteiger partial charge >= 0.3 is 0 Å². The number of benzene rings is 2. The summed E-state index contributed by atoms with van der Waals surface area (Å²) in [6.45, 7) is 1.08. The maximum atomic E-state index is 14.1. The minimum atomic E-state index is -1.25. The fourth-order valence-corrected chi connectivity index (χ4v) is 3.01. The summed E-state index contributed by atoms with van der Waals surface area (Å²) in [6.07, 6.45) is 0. The molecule has 0 saturated heterocycles. The lowest BCUT2D eigenvalue weighted by molar-refractivity contribution is 0.296. The third-order valence-electron chi connectivity index (χ3n) is 3.90. The second-order valence-corrected chi connectivity index (χ2v) is 6.64. The average Bonchev–Trinajstić information content (AvgIpc) is 2.60. The molecular formula is C19H11BrF5NO2. The second-order valence-electron chi connectivity index (χ2n) is 5.85. The Morgan fingerprint density at radius 2 is 1.54 bits per heavy atom. The van der Waals surface area contributed by atoms with Crippen LogP contribution in [0, 0.1) is 36.0 Å². The normalized spacial score (nSPS) is 11.0. The van der Waals surface area contributed by atoms with E-state index in [1.54, 1.807) is 0 Å². The van der Waals surface area contributed by atoms with Crippen molar-refractivity contribution < 1.29 is 26.7 Å². The molecule has 0 saturated carbocycles. The lowest BCUT2D eigenvalue weighted by atomic mass is 10.2. The van der Waals surface area contributed by atoms with E-state index in [4.69, 9.17) is 4.74 Å². The summed E-state index contributed by atoms with van der Waals surface area (Å²) in [5.74, 6) is -5.20. The summed E-state index contributed by atoms with van der Waals surface area (Å²) in [4.78, 5) is 12.6. The fraction of sp³-hybridized carbons (Fsp3) is 0.105. The van der Waals surface area contributed by atoms with E-state index in [9.17, 15) is 26.7 Å². The molecule has 0 fully saturated rings. The number of pyridine rings is 1. The van der Waals surface area contributed by atoms with Gasteiger partial charge in [-0.05, 0) is 35.0 Å². The number of ether oxygens (including phenoxy) is 1. The maximum Gasteiger partial charge on any atom is 0.273 e. The molecule has 3 rings (SSSR count). The molecular weight excluding hydrogens is 449 g/mol. The third-order valence-corrected chi connectivity index (χ3v) is 4.63. The van der Waals surface area contributed by atoms with Crippen molar-refractivity contribution in [2.24, 2.45) is 0 Å². The monoisotopic (exact) mass is 459 g/mol. The molecule has 3 nitrogen and oxygen atoms in total. The summed E-state index contributed by atoms with van der Waals surface area (Å²) in [7, 11) is 0.